The number of primary amides is 1. The van der Waals surface area contributed by atoms with Gasteiger partial charge in [0.1, 0.15) is 12.2 Å². The molecule has 7 heteroatoms. The monoisotopic (exact) mass is 456 g/mol. The fraction of sp³-hybridized carbons (Fsp3) is 0.185. The standard InChI is InChI=1S/C27H26N3O4/c1-18(2)27(26(28)33,19-13-15-21(34-3)16-14-19)30-23-12-8-7-11-22(23)29(24(31)17-25(30)32)20-9-5-4-6-10-20/h4-18H,1-3H3,(H2,28,33). The van der Waals surface area contributed by atoms with Crippen LogP contribution in [0, 0.1) is 12.3 Å². The molecule has 3 amide bonds. The minimum Gasteiger partial charge on any atom is -0.497 e. The minimum atomic E-state index is -1.57. The summed E-state index contributed by atoms with van der Waals surface area (Å²) in [4.78, 5) is 43.1. The maximum Gasteiger partial charge on any atom is 0.248 e. The van der Waals surface area contributed by atoms with Gasteiger partial charge >= 0.3 is 0 Å². The highest BCUT2D eigenvalue weighted by Crippen LogP contribution is 2.46. The molecule has 1 radical (unpaired) electrons. The number of rotatable bonds is 6. The van der Waals surface area contributed by atoms with Crippen LogP contribution in [0.25, 0.3) is 0 Å². The van der Waals surface area contributed by atoms with Gasteiger partial charge in [-0.2, -0.15) is 0 Å². The lowest BCUT2D eigenvalue weighted by atomic mass is 9.76. The first-order valence-corrected chi connectivity index (χ1v) is 10.9. The maximum atomic E-state index is 13.7. The van der Waals surface area contributed by atoms with Crippen molar-refractivity contribution in [2.45, 2.75) is 19.4 Å². The molecule has 3 aromatic rings. The van der Waals surface area contributed by atoms with Crippen molar-refractivity contribution in [3.05, 3.63) is 90.8 Å². The molecule has 173 valence electrons. The number of carbonyl (C=O) groups is 3. The van der Waals surface area contributed by atoms with Crippen molar-refractivity contribution in [2.75, 3.05) is 16.9 Å². The van der Waals surface area contributed by atoms with Crippen LogP contribution in [0.15, 0.2) is 78.9 Å². The minimum absolute atomic E-state index is 0.404. The first-order chi connectivity index (χ1) is 16.3. The number of carbonyl (C=O) groups excluding carboxylic acids is 3. The Morgan fingerprint density at radius 1 is 0.853 bits per heavy atom. The topological polar surface area (TPSA) is 92.9 Å². The van der Waals surface area contributed by atoms with Crippen LogP contribution in [-0.2, 0) is 19.9 Å². The molecule has 3 aromatic carbocycles. The molecule has 4 rings (SSSR count). The Kier molecular flexibility index (Phi) is 6.11. The number of nitrogens with two attached hydrogens (primary N) is 1. The lowest BCUT2D eigenvalue weighted by Gasteiger charge is -2.44. The molecule has 1 unspecified atom stereocenters. The van der Waals surface area contributed by atoms with Crippen LogP contribution >= 0.6 is 0 Å². The zero-order valence-corrected chi connectivity index (χ0v) is 19.3. The average molecular weight is 457 g/mol. The zero-order chi connectivity index (χ0) is 24.5. The number of nitrogens with zero attached hydrogens (tertiary/aromatic N) is 2. The Hall–Kier alpha value is -4.13. The smallest absolute Gasteiger partial charge is 0.248 e. The molecule has 1 aliphatic rings. The second-order valence-corrected chi connectivity index (χ2v) is 8.33. The molecular weight excluding hydrogens is 430 g/mol. The highest BCUT2D eigenvalue weighted by Gasteiger charge is 2.52. The van der Waals surface area contributed by atoms with Gasteiger partial charge in [0, 0.05) is 5.69 Å². The summed E-state index contributed by atoms with van der Waals surface area (Å²) in [5.41, 5.74) is 6.51. The van der Waals surface area contributed by atoms with Gasteiger partial charge in [-0.25, -0.2) is 0 Å². The second kappa shape index (κ2) is 9.02. The maximum absolute atomic E-state index is 13.7. The summed E-state index contributed by atoms with van der Waals surface area (Å²) in [5.74, 6) is -1.67. The van der Waals surface area contributed by atoms with E-state index in [0.717, 1.165) is 6.42 Å². The Morgan fingerprint density at radius 3 is 2.00 bits per heavy atom. The van der Waals surface area contributed by atoms with Crippen LogP contribution in [0.2, 0.25) is 0 Å². The molecule has 0 spiro atoms. The van der Waals surface area contributed by atoms with Crippen molar-refractivity contribution in [1.82, 2.24) is 0 Å². The first kappa shape index (κ1) is 23.0. The van der Waals surface area contributed by atoms with Gasteiger partial charge in [0.25, 0.3) is 0 Å². The summed E-state index contributed by atoms with van der Waals surface area (Å²) in [6.45, 7) is 3.65. The number of hydrogen-bond donors (Lipinski definition) is 1. The van der Waals surface area contributed by atoms with E-state index >= 15 is 0 Å². The summed E-state index contributed by atoms with van der Waals surface area (Å²) in [6.07, 6.45) is 1.01. The van der Waals surface area contributed by atoms with E-state index in [1.807, 2.05) is 32.0 Å². The molecule has 0 saturated carbocycles. The third kappa shape index (κ3) is 3.59. The van der Waals surface area contributed by atoms with Gasteiger partial charge in [-0.1, -0.05) is 56.3 Å². The molecule has 0 aromatic heterocycles. The molecule has 2 N–H and O–H groups in total. The van der Waals surface area contributed by atoms with Crippen molar-refractivity contribution in [3.63, 3.8) is 0 Å². The second-order valence-electron chi connectivity index (χ2n) is 8.33. The largest absolute Gasteiger partial charge is 0.497 e. The van der Waals surface area contributed by atoms with E-state index in [4.69, 9.17) is 10.5 Å². The molecule has 0 bridgehead atoms. The summed E-state index contributed by atoms with van der Waals surface area (Å²) >= 11 is 0. The van der Waals surface area contributed by atoms with Crippen molar-refractivity contribution in [1.29, 1.82) is 0 Å². The van der Waals surface area contributed by atoms with E-state index in [0.29, 0.717) is 28.4 Å². The molecule has 0 aliphatic carbocycles. The van der Waals surface area contributed by atoms with Gasteiger partial charge in [0.05, 0.1) is 18.5 Å². The van der Waals surface area contributed by atoms with Crippen molar-refractivity contribution >= 4 is 34.8 Å². The van der Waals surface area contributed by atoms with E-state index in [9.17, 15) is 14.4 Å². The van der Waals surface area contributed by atoms with E-state index < -0.39 is 29.2 Å². The van der Waals surface area contributed by atoms with Gasteiger partial charge in [0.2, 0.25) is 17.7 Å². The molecule has 1 atom stereocenters. The van der Waals surface area contributed by atoms with Gasteiger partial charge in [-0.3, -0.25) is 24.2 Å². The number of benzene rings is 3. The highest BCUT2D eigenvalue weighted by molar-refractivity contribution is 6.27. The van der Waals surface area contributed by atoms with Gasteiger partial charge < -0.3 is 10.5 Å². The SMILES string of the molecule is COc1ccc(C(C(N)=O)(C(C)C)N2C(=O)[CH]C(=O)N(c3ccccc3)c3ccccc32)cc1. The molecule has 1 heterocycles. The lowest BCUT2D eigenvalue weighted by molar-refractivity contribution is -0.130. The van der Waals surface area contributed by atoms with Gasteiger partial charge in [0.15, 0.2) is 5.54 Å². The Labute approximate surface area is 198 Å². The zero-order valence-electron chi connectivity index (χ0n) is 19.3. The highest BCUT2D eigenvalue weighted by atomic mass is 16.5. The molecule has 0 fully saturated rings. The van der Waals surface area contributed by atoms with Crippen LogP contribution in [-0.4, -0.2) is 24.8 Å². The number of amides is 3. The summed E-state index contributed by atoms with van der Waals surface area (Å²) in [5, 5.41) is 0. The van der Waals surface area contributed by atoms with Gasteiger partial charge in [-0.15, -0.1) is 0 Å². The fourth-order valence-corrected chi connectivity index (χ4v) is 4.62. The number of para-hydroxylation sites is 3. The predicted molar refractivity (Wildman–Crippen MR) is 131 cm³/mol. The number of ether oxygens (including phenoxy) is 1. The first-order valence-electron chi connectivity index (χ1n) is 10.9. The van der Waals surface area contributed by atoms with Crippen LogP contribution in [0.5, 0.6) is 5.75 Å². The third-order valence-electron chi connectivity index (χ3n) is 6.16. The number of anilines is 3. The molecule has 0 saturated heterocycles. The van der Waals surface area contributed by atoms with Crippen molar-refractivity contribution in [2.24, 2.45) is 11.7 Å². The number of hydrogen-bond acceptors (Lipinski definition) is 4. The molecule has 34 heavy (non-hydrogen) atoms. The molecule has 7 nitrogen and oxygen atoms in total. The number of methoxy groups -OCH3 is 1. The lowest BCUT2D eigenvalue weighted by Crippen LogP contribution is -2.60. The van der Waals surface area contributed by atoms with Crippen LogP contribution < -0.4 is 20.3 Å². The predicted octanol–water partition coefficient (Wildman–Crippen LogP) is 3.95. The normalized spacial score (nSPS) is 15.5. The number of fused-ring (bicyclic) bond motifs is 1. The Balaban J connectivity index is 2.01. The Bertz CT molecular complexity index is 1220. The van der Waals surface area contributed by atoms with E-state index in [-0.39, 0.29) is 0 Å². The fourth-order valence-electron chi connectivity index (χ4n) is 4.62. The summed E-state index contributed by atoms with van der Waals surface area (Å²) in [6, 6.07) is 22.9. The van der Waals surface area contributed by atoms with Crippen LogP contribution in [0.3, 0.4) is 0 Å². The molecule has 1 aliphatic heterocycles. The molecular formula is C27H26N3O4. The Morgan fingerprint density at radius 2 is 1.44 bits per heavy atom. The van der Waals surface area contributed by atoms with E-state index in [1.54, 1.807) is 67.8 Å². The van der Waals surface area contributed by atoms with E-state index in [2.05, 4.69) is 0 Å². The van der Waals surface area contributed by atoms with Crippen molar-refractivity contribution < 1.29 is 19.1 Å². The van der Waals surface area contributed by atoms with Crippen molar-refractivity contribution in [3.8, 4) is 5.75 Å². The van der Waals surface area contributed by atoms with Crippen LogP contribution in [0.4, 0.5) is 17.1 Å². The summed E-state index contributed by atoms with van der Waals surface area (Å²) < 4.78 is 5.27. The van der Waals surface area contributed by atoms with Gasteiger partial charge in [-0.05, 0) is 47.9 Å². The van der Waals surface area contributed by atoms with E-state index in [1.165, 1.54) is 9.80 Å². The van der Waals surface area contributed by atoms with Crippen LogP contribution in [0.1, 0.15) is 19.4 Å². The quantitative estimate of drug-likeness (QED) is 0.608. The third-order valence-corrected chi connectivity index (χ3v) is 6.16. The summed E-state index contributed by atoms with van der Waals surface area (Å²) in [7, 11) is 1.55. The average Bonchev–Trinajstić information content (AvgIpc) is 2.94.